The van der Waals surface area contributed by atoms with E-state index < -0.39 is 0 Å². The summed E-state index contributed by atoms with van der Waals surface area (Å²) in [5.74, 6) is -0.254. The SMILES string of the molecule is C=C(C)C(CC=C(C)C)OC(C)=O. The van der Waals surface area contributed by atoms with Crippen LogP contribution >= 0.6 is 0 Å². The van der Waals surface area contributed by atoms with Crippen molar-refractivity contribution >= 4 is 5.97 Å². The first kappa shape index (κ1) is 11.9. The highest BCUT2D eigenvalue weighted by atomic mass is 16.5. The van der Waals surface area contributed by atoms with Crippen LogP contribution in [-0.2, 0) is 9.53 Å². The van der Waals surface area contributed by atoms with Gasteiger partial charge in [0.2, 0.25) is 0 Å². The van der Waals surface area contributed by atoms with Gasteiger partial charge in [-0.25, -0.2) is 0 Å². The Bertz CT molecular complexity index is 222. The number of allylic oxidation sites excluding steroid dienone is 1. The highest BCUT2D eigenvalue weighted by Gasteiger charge is 2.10. The van der Waals surface area contributed by atoms with Crippen LogP contribution in [-0.4, -0.2) is 12.1 Å². The topological polar surface area (TPSA) is 26.3 Å². The van der Waals surface area contributed by atoms with Crippen LogP contribution < -0.4 is 0 Å². The standard InChI is InChI=1S/C11H18O2/c1-8(2)6-7-11(9(3)4)13-10(5)12/h6,11H,3,7H2,1-2,4-5H3. The minimum absolute atomic E-state index is 0.174. The molecule has 0 N–H and O–H groups in total. The van der Waals surface area contributed by atoms with E-state index in [0.29, 0.717) is 0 Å². The van der Waals surface area contributed by atoms with Crippen molar-refractivity contribution in [1.29, 1.82) is 0 Å². The molecule has 0 saturated carbocycles. The zero-order valence-corrected chi connectivity index (χ0v) is 8.89. The van der Waals surface area contributed by atoms with Gasteiger partial charge in [0.1, 0.15) is 6.10 Å². The van der Waals surface area contributed by atoms with Gasteiger partial charge in [0.25, 0.3) is 0 Å². The molecule has 0 aromatic carbocycles. The van der Waals surface area contributed by atoms with Crippen LogP contribution in [0, 0.1) is 0 Å². The molecule has 0 aliphatic rings. The van der Waals surface area contributed by atoms with E-state index in [0.717, 1.165) is 12.0 Å². The summed E-state index contributed by atoms with van der Waals surface area (Å²) >= 11 is 0. The Morgan fingerprint density at radius 2 is 1.92 bits per heavy atom. The van der Waals surface area contributed by atoms with E-state index in [1.807, 2.05) is 26.8 Å². The van der Waals surface area contributed by atoms with Crippen LogP contribution in [0.4, 0.5) is 0 Å². The lowest BCUT2D eigenvalue weighted by Crippen LogP contribution is -2.16. The summed E-state index contributed by atoms with van der Waals surface area (Å²) in [5.41, 5.74) is 2.10. The summed E-state index contributed by atoms with van der Waals surface area (Å²) in [4.78, 5) is 10.7. The molecule has 0 amide bonds. The van der Waals surface area contributed by atoms with Crippen LogP contribution in [0.1, 0.15) is 34.1 Å². The van der Waals surface area contributed by atoms with Gasteiger partial charge in [-0.05, 0) is 26.3 Å². The molecule has 0 aliphatic carbocycles. The van der Waals surface area contributed by atoms with Crippen LogP contribution in [0.3, 0.4) is 0 Å². The fourth-order valence-electron chi connectivity index (χ4n) is 0.893. The number of ether oxygens (including phenoxy) is 1. The number of hydrogen-bond acceptors (Lipinski definition) is 2. The Balaban J connectivity index is 4.19. The first-order valence-electron chi connectivity index (χ1n) is 4.39. The summed E-state index contributed by atoms with van der Waals surface area (Å²) in [6.45, 7) is 11.1. The van der Waals surface area contributed by atoms with E-state index in [2.05, 4.69) is 6.58 Å². The molecule has 1 atom stereocenters. The van der Waals surface area contributed by atoms with E-state index in [4.69, 9.17) is 4.74 Å². The Morgan fingerprint density at radius 3 is 2.23 bits per heavy atom. The third-order valence-corrected chi connectivity index (χ3v) is 1.60. The van der Waals surface area contributed by atoms with Crippen molar-refractivity contribution in [2.75, 3.05) is 0 Å². The number of carbonyl (C=O) groups is 1. The predicted molar refractivity (Wildman–Crippen MR) is 54.4 cm³/mol. The Kier molecular flexibility index (Phi) is 5.12. The van der Waals surface area contributed by atoms with Gasteiger partial charge in [-0.2, -0.15) is 0 Å². The molecule has 2 nitrogen and oxygen atoms in total. The van der Waals surface area contributed by atoms with Crippen molar-refractivity contribution < 1.29 is 9.53 Å². The number of carbonyl (C=O) groups excluding carboxylic acids is 1. The van der Waals surface area contributed by atoms with E-state index in [1.54, 1.807) is 0 Å². The molecular weight excluding hydrogens is 164 g/mol. The highest BCUT2D eigenvalue weighted by Crippen LogP contribution is 2.10. The molecule has 0 radical (unpaired) electrons. The smallest absolute Gasteiger partial charge is 0.303 e. The van der Waals surface area contributed by atoms with Crippen molar-refractivity contribution in [2.24, 2.45) is 0 Å². The van der Waals surface area contributed by atoms with Gasteiger partial charge in [-0.3, -0.25) is 4.79 Å². The summed E-state index contributed by atoms with van der Waals surface area (Å²) in [7, 11) is 0. The Morgan fingerprint density at radius 1 is 1.38 bits per heavy atom. The lowest BCUT2D eigenvalue weighted by molar-refractivity contribution is -0.144. The average molecular weight is 182 g/mol. The quantitative estimate of drug-likeness (QED) is 0.493. The Hall–Kier alpha value is -1.05. The van der Waals surface area contributed by atoms with Crippen molar-refractivity contribution in [2.45, 2.75) is 40.2 Å². The lowest BCUT2D eigenvalue weighted by atomic mass is 10.1. The second-order valence-electron chi connectivity index (χ2n) is 3.46. The maximum absolute atomic E-state index is 10.7. The maximum atomic E-state index is 10.7. The number of hydrogen-bond donors (Lipinski definition) is 0. The Labute approximate surface area is 80.3 Å². The summed E-state index contributed by atoms with van der Waals surface area (Å²) in [6, 6.07) is 0. The van der Waals surface area contributed by atoms with E-state index in [-0.39, 0.29) is 12.1 Å². The van der Waals surface area contributed by atoms with Crippen molar-refractivity contribution in [3.8, 4) is 0 Å². The van der Waals surface area contributed by atoms with Crippen molar-refractivity contribution in [1.82, 2.24) is 0 Å². The van der Waals surface area contributed by atoms with E-state index >= 15 is 0 Å². The van der Waals surface area contributed by atoms with Gasteiger partial charge in [0, 0.05) is 13.3 Å². The molecule has 0 saturated heterocycles. The zero-order valence-electron chi connectivity index (χ0n) is 8.89. The van der Waals surface area contributed by atoms with Crippen LogP contribution in [0.2, 0.25) is 0 Å². The largest absolute Gasteiger partial charge is 0.458 e. The molecule has 74 valence electrons. The molecule has 0 heterocycles. The van der Waals surface area contributed by atoms with Crippen molar-refractivity contribution in [3.05, 3.63) is 23.8 Å². The van der Waals surface area contributed by atoms with E-state index in [1.165, 1.54) is 12.5 Å². The minimum atomic E-state index is -0.254. The molecule has 1 unspecified atom stereocenters. The predicted octanol–water partition coefficient (Wildman–Crippen LogP) is 2.85. The summed E-state index contributed by atoms with van der Waals surface area (Å²) < 4.78 is 5.08. The molecule has 0 spiro atoms. The third kappa shape index (κ3) is 6.14. The lowest BCUT2D eigenvalue weighted by Gasteiger charge is -2.15. The molecule has 0 bridgehead atoms. The van der Waals surface area contributed by atoms with Crippen LogP contribution in [0.25, 0.3) is 0 Å². The van der Waals surface area contributed by atoms with Gasteiger partial charge in [0.15, 0.2) is 0 Å². The third-order valence-electron chi connectivity index (χ3n) is 1.60. The average Bonchev–Trinajstić information content (AvgIpc) is 1.96. The summed E-state index contributed by atoms with van der Waals surface area (Å²) in [6.07, 6.45) is 2.59. The molecule has 0 aliphatic heterocycles. The molecule has 0 aromatic heterocycles. The first-order chi connectivity index (χ1) is 5.93. The van der Waals surface area contributed by atoms with Crippen LogP contribution in [0.15, 0.2) is 23.8 Å². The molecular formula is C11H18O2. The molecule has 0 aromatic rings. The number of rotatable bonds is 4. The van der Waals surface area contributed by atoms with Gasteiger partial charge in [-0.1, -0.05) is 18.2 Å². The second kappa shape index (κ2) is 5.57. The van der Waals surface area contributed by atoms with Crippen LogP contribution in [0.5, 0.6) is 0 Å². The fourth-order valence-corrected chi connectivity index (χ4v) is 0.893. The molecule has 13 heavy (non-hydrogen) atoms. The zero-order chi connectivity index (χ0) is 10.4. The van der Waals surface area contributed by atoms with E-state index in [9.17, 15) is 4.79 Å². The second-order valence-corrected chi connectivity index (χ2v) is 3.46. The normalized spacial score (nSPS) is 11.7. The maximum Gasteiger partial charge on any atom is 0.303 e. The van der Waals surface area contributed by atoms with Gasteiger partial charge in [-0.15, -0.1) is 0 Å². The van der Waals surface area contributed by atoms with Gasteiger partial charge < -0.3 is 4.74 Å². The van der Waals surface area contributed by atoms with Gasteiger partial charge >= 0.3 is 5.97 Å². The summed E-state index contributed by atoms with van der Waals surface area (Å²) in [5, 5.41) is 0. The minimum Gasteiger partial charge on any atom is -0.458 e. The fraction of sp³-hybridized carbons (Fsp3) is 0.545. The first-order valence-corrected chi connectivity index (χ1v) is 4.39. The van der Waals surface area contributed by atoms with Crippen molar-refractivity contribution in [3.63, 3.8) is 0 Å². The van der Waals surface area contributed by atoms with Gasteiger partial charge in [0.05, 0.1) is 0 Å². The monoisotopic (exact) mass is 182 g/mol. The molecule has 2 heteroatoms. The molecule has 0 fully saturated rings. The number of esters is 1. The molecule has 0 rings (SSSR count). The highest BCUT2D eigenvalue weighted by molar-refractivity contribution is 5.66.